The van der Waals surface area contributed by atoms with Crippen LogP contribution in [0.2, 0.25) is 0 Å². The average molecular weight is 316 g/mol. The highest BCUT2D eigenvalue weighted by Crippen LogP contribution is 2.25. The lowest BCUT2D eigenvalue weighted by Gasteiger charge is -2.18. The van der Waals surface area contributed by atoms with Crippen molar-refractivity contribution in [1.29, 1.82) is 0 Å². The summed E-state index contributed by atoms with van der Waals surface area (Å²) in [6.45, 7) is 3.91. The van der Waals surface area contributed by atoms with E-state index in [0.717, 1.165) is 36.2 Å². The van der Waals surface area contributed by atoms with Crippen LogP contribution in [0.4, 0.5) is 0 Å². The van der Waals surface area contributed by atoms with Gasteiger partial charge in [0.05, 0.1) is 18.2 Å². The molecule has 0 saturated carbocycles. The molecule has 3 nitrogen and oxygen atoms in total. The fourth-order valence-corrected chi connectivity index (χ4v) is 2.45. The summed E-state index contributed by atoms with van der Waals surface area (Å²) in [6, 6.07) is 6.55. The monoisotopic (exact) mass is 315 g/mol. The minimum absolute atomic E-state index is 0.357. The van der Waals surface area contributed by atoms with Crippen molar-refractivity contribution in [1.82, 2.24) is 5.32 Å². The summed E-state index contributed by atoms with van der Waals surface area (Å²) >= 11 is 3.51. The summed E-state index contributed by atoms with van der Waals surface area (Å²) in [5.41, 5.74) is 1.27. The summed E-state index contributed by atoms with van der Waals surface area (Å²) in [7, 11) is 3.42. The molecule has 102 valence electrons. The molecule has 0 radical (unpaired) electrons. The Labute approximate surface area is 118 Å². The van der Waals surface area contributed by atoms with Crippen LogP contribution in [0, 0.1) is 0 Å². The van der Waals surface area contributed by atoms with Crippen molar-refractivity contribution in [3.05, 3.63) is 28.2 Å². The number of hydrogen-bond acceptors (Lipinski definition) is 3. The Hall–Kier alpha value is -0.580. The van der Waals surface area contributed by atoms with Gasteiger partial charge in [0.15, 0.2) is 0 Å². The third-order valence-electron chi connectivity index (χ3n) is 2.75. The van der Waals surface area contributed by atoms with Gasteiger partial charge >= 0.3 is 0 Å². The van der Waals surface area contributed by atoms with Crippen molar-refractivity contribution < 1.29 is 9.47 Å². The molecule has 0 heterocycles. The maximum Gasteiger partial charge on any atom is 0.133 e. The topological polar surface area (TPSA) is 30.5 Å². The van der Waals surface area contributed by atoms with Crippen LogP contribution in [-0.4, -0.2) is 33.4 Å². The maximum absolute atomic E-state index is 5.25. The Morgan fingerprint density at radius 2 is 2.11 bits per heavy atom. The smallest absolute Gasteiger partial charge is 0.133 e. The third kappa shape index (κ3) is 4.96. The van der Waals surface area contributed by atoms with Gasteiger partial charge in [-0.05, 0) is 53.0 Å². The molecule has 1 atom stereocenters. The number of methoxy groups -OCH3 is 2. The molecule has 0 aromatic heterocycles. The van der Waals surface area contributed by atoms with Crippen LogP contribution >= 0.6 is 15.9 Å². The molecular formula is C14H22BrNO2. The second-order valence-electron chi connectivity index (χ2n) is 4.28. The van der Waals surface area contributed by atoms with Crippen LogP contribution in [0.3, 0.4) is 0 Å². The van der Waals surface area contributed by atoms with Gasteiger partial charge in [-0.2, -0.15) is 0 Å². The fraction of sp³-hybridized carbons (Fsp3) is 0.571. The Morgan fingerprint density at radius 3 is 2.67 bits per heavy atom. The van der Waals surface area contributed by atoms with Crippen molar-refractivity contribution in [2.24, 2.45) is 0 Å². The SMILES string of the molecule is CCCNC(COC)Cc1ccc(OC)c(Br)c1. The van der Waals surface area contributed by atoms with Crippen LogP contribution in [0.25, 0.3) is 0 Å². The molecule has 1 aromatic rings. The molecule has 0 amide bonds. The van der Waals surface area contributed by atoms with E-state index in [9.17, 15) is 0 Å². The largest absolute Gasteiger partial charge is 0.496 e. The van der Waals surface area contributed by atoms with E-state index in [-0.39, 0.29) is 0 Å². The van der Waals surface area contributed by atoms with E-state index in [4.69, 9.17) is 9.47 Å². The van der Waals surface area contributed by atoms with E-state index >= 15 is 0 Å². The second kappa shape index (κ2) is 8.51. The minimum Gasteiger partial charge on any atom is -0.496 e. The molecule has 0 aliphatic heterocycles. The zero-order valence-electron chi connectivity index (χ0n) is 11.3. The van der Waals surface area contributed by atoms with Gasteiger partial charge in [0, 0.05) is 13.2 Å². The molecule has 18 heavy (non-hydrogen) atoms. The number of rotatable bonds is 8. The van der Waals surface area contributed by atoms with Crippen molar-refractivity contribution in [2.45, 2.75) is 25.8 Å². The first kappa shape index (κ1) is 15.5. The maximum atomic E-state index is 5.25. The van der Waals surface area contributed by atoms with E-state index in [2.05, 4.69) is 40.3 Å². The predicted octanol–water partition coefficient (Wildman–Crippen LogP) is 3.01. The summed E-state index contributed by atoms with van der Waals surface area (Å²) < 4.78 is 11.5. The zero-order chi connectivity index (χ0) is 13.4. The van der Waals surface area contributed by atoms with Gasteiger partial charge in [0.25, 0.3) is 0 Å². The average Bonchev–Trinajstić information content (AvgIpc) is 2.36. The van der Waals surface area contributed by atoms with E-state index < -0.39 is 0 Å². The van der Waals surface area contributed by atoms with Crippen LogP contribution in [-0.2, 0) is 11.2 Å². The molecular weight excluding hydrogens is 294 g/mol. The normalized spacial score (nSPS) is 12.4. The molecule has 1 N–H and O–H groups in total. The summed E-state index contributed by atoms with van der Waals surface area (Å²) in [5.74, 6) is 0.864. The van der Waals surface area contributed by atoms with Gasteiger partial charge in [-0.15, -0.1) is 0 Å². The van der Waals surface area contributed by atoms with Crippen LogP contribution < -0.4 is 10.1 Å². The first-order valence-electron chi connectivity index (χ1n) is 6.26. The van der Waals surface area contributed by atoms with Crippen LogP contribution in [0.15, 0.2) is 22.7 Å². The Bertz CT molecular complexity index is 358. The lowest BCUT2D eigenvalue weighted by atomic mass is 10.1. The molecule has 0 spiro atoms. The van der Waals surface area contributed by atoms with E-state index in [1.54, 1.807) is 14.2 Å². The van der Waals surface area contributed by atoms with E-state index in [1.807, 2.05) is 6.07 Å². The number of benzene rings is 1. The Morgan fingerprint density at radius 1 is 1.33 bits per heavy atom. The summed E-state index contributed by atoms with van der Waals surface area (Å²) in [6.07, 6.45) is 2.09. The quantitative estimate of drug-likeness (QED) is 0.800. The first-order valence-corrected chi connectivity index (χ1v) is 7.05. The van der Waals surface area contributed by atoms with Gasteiger partial charge in [0.1, 0.15) is 5.75 Å². The Balaban J connectivity index is 2.64. The standard InChI is InChI=1S/C14H22BrNO2/c1-4-7-16-12(10-17-2)8-11-5-6-14(18-3)13(15)9-11/h5-6,9,12,16H,4,7-8,10H2,1-3H3. The highest BCUT2D eigenvalue weighted by Gasteiger charge is 2.10. The molecule has 1 unspecified atom stereocenters. The number of nitrogens with one attached hydrogen (secondary N) is 1. The van der Waals surface area contributed by atoms with Crippen molar-refractivity contribution in [3.8, 4) is 5.75 Å². The number of halogens is 1. The molecule has 0 bridgehead atoms. The van der Waals surface area contributed by atoms with Gasteiger partial charge in [-0.25, -0.2) is 0 Å². The van der Waals surface area contributed by atoms with Crippen LogP contribution in [0.5, 0.6) is 5.75 Å². The van der Waals surface area contributed by atoms with Crippen molar-refractivity contribution in [2.75, 3.05) is 27.4 Å². The molecule has 4 heteroatoms. The van der Waals surface area contributed by atoms with E-state index in [0.29, 0.717) is 6.04 Å². The van der Waals surface area contributed by atoms with E-state index in [1.165, 1.54) is 5.56 Å². The number of hydrogen-bond donors (Lipinski definition) is 1. The fourth-order valence-electron chi connectivity index (χ4n) is 1.86. The number of ether oxygens (including phenoxy) is 2. The van der Waals surface area contributed by atoms with Gasteiger partial charge in [-0.3, -0.25) is 0 Å². The second-order valence-corrected chi connectivity index (χ2v) is 5.13. The van der Waals surface area contributed by atoms with Crippen LogP contribution in [0.1, 0.15) is 18.9 Å². The highest BCUT2D eigenvalue weighted by atomic mass is 79.9. The molecule has 1 aromatic carbocycles. The lowest BCUT2D eigenvalue weighted by molar-refractivity contribution is 0.166. The highest BCUT2D eigenvalue weighted by molar-refractivity contribution is 9.10. The molecule has 0 aliphatic rings. The van der Waals surface area contributed by atoms with Gasteiger partial charge in [0.2, 0.25) is 0 Å². The molecule has 0 saturated heterocycles. The summed E-state index contributed by atoms with van der Waals surface area (Å²) in [5, 5.41) is 3.50. The van der Waals surface area contributed by atoms with Crippen molar-refractivity contribution in [3.63, 3.8) is 0 Å². The summed E-state index contributed by atoms with van der Waals surface area (Å²) in [4.78, 5) is 0. The molecule has 1 rings (SSSR count). The van der Waals surface area contributed by atoms with Gasteiger partial charge in [-0.1, -0.05) is 13.0 Å². The van der Waals surface area contributed by atoms with Gasteiger partial charge < -0.3 is 14.8 Å². The lowest BCUT2D eigenvalue weighted by Crippen LogP contribution is -2.35. The minimum atomic E-state index is 0.357. The molecule has 0 fully saturated rings. The Kier molecular flexibility index (Phi) is 7.32. The predicted molar refractivity (Wildman–Crippen MR) is 78.4 cm³/mol. The molecule has 0 aliphatic carbocycles. The third-order valence-corrected chi connectivity index (χ3v) is 3.37. The zero-order valence-corrected chi connectivity index (χ0v) is 12.9. The van der Waals surface area contributed by atoms with Crippen molar-refractivity contribution >= 4 is 15.9 Å². The first-order chi connectivity index (χ1) is 8.71.